The van der Waals surface area contributed by atoms with Gasteiger partial charge in [-0.15, -0.1) is 0 Å². The molecule has 2 fully saturated rings. The molecule has 1 aromatic rings. The standard InChI is InChI=1S/C14H14Cl2F3NO/c15-11-2-1-8(3-12(11)16)13-6-20-4-9(13)10(13)5-21-7-14(17,18)19/h1-3,9-10,20H,4-7H2/t9-,10-,13+/m0/s1. The third kappa shape index (κ3) is 2.77. The van der Waals surface area contributed by atoms with Crippen LogP contribution in [0.4, 0.5) is 13.2 Å². The molecule has 0 bridgehead atoms. The summed E-state index contributed by atoms with van der Waals surface area (Å²) in [6.07, 6.45) is -4.28. The molecule has 0 aromatic heterocycles. The highest BCUT2D eigenvalue weighted by Crippen LogP contribution is 2.62. The summed E-state index contributed by atoms with van der Waals surface area (Å²) in [5.74, 6) is 0.390. The van der Waals surface area contributed by atoms with E-state index in [-0.39, 0.29) is 17.9 Å². The zero-order chi connectivity index (χ0) is 15.3. The van der Waals surface area contributed by atoms with E-state index < -0.39 is 12.8 Å². The fourth-order valence-electron chi connectivity index (χ4n) is 3.51. The normalized spacial score (nSPS) is 31.3. The van der Waals surface area contributed by atoms with Crippen molar-refractivity contribution in [2.24, 2.45) is 11.8 Å². The number of ether oxygens (including phenoxy) is 1. The minimum Gasteiger partial charge on any atom is -0.372 e. The van der Waals surface area contributed by atoms with Gasteiger partial charge in [-0.3, -0.25) is 0 Å². The lowest BCUT2D eigenvalue weighted by atomic mass is 9.93. The number of nitrogens with one attached hydrogen (secondary N) is 1. The van der Waals surface area contributed by atoms with Gasteiger partial charge in [0.25, 0.3) is 0 Å². The summed E-state index contributed by atoms with van der Waals surface area (Å²) in [5.41, 5.74) is 0.854. The summed E-state index contributed by atoms with van der Waals surface area (Å²) < 4.78 is 41.3. The van der Waals surface area contributed by atoms with Gasteiger partial charge >= 0.3 is 6.18 Å². The van der Waals surface area contributed by atoms with E-state index in [9.17, 15) is 13.2 Å². The van der Waals surface area contributed by atoms with Crippen LogP contribution in [0.15, 0.2) is 18.2 Å². The monoisotopic (exact) mass is 339 g/mol. The van der Waals surface area contributed by atoms with Crippen LogP contribution in [-0.4, -0.2) is 32.5 Å². The minimum atomic E-state index is -4.28. The van der Waals surface area contributed by atoms with Crippen molar-refractivity contribution in [3.8, 4) is 0 Å². The average Bonchev–Trinajstić information content (AvgIpc) is 2.80. The second kappa shape index (κ2) is 5.30. The van der Waals surface area contributed by atoms with Gasteiger partial charge in [-0.2, -0.15) is 13.2 Å². The Bertz CT molecular complexity index is 552. The summed E-state index contributed by atoms with van der Waals surface area (Å²) in [5, 5.41) is 4.22. The molecule has 0 spiro atoms. The first-order valence-electron chi connectivity index (χ1n) is 6.65. The first kappa shape index (κ1) is 15.4. The Morgan fingerprint density at radius 3 is 2.71 bits per heavy atom. The molecule has 1 saturated carbocycles. The van der Waals surface area contributed by atoms with Crippen LogP contribution in [0, 0.1) is 11.8 Å². The number of hydrogen-bond acceptors (Lipinski definition) is 2. The van der Waals surface area contributed by atoms with E-state index in [0.29, 0.717) is 16.0 Å². The number of hydrogen-bond donors (Lipinski definition) is 1. The molecular weight excluding hydrogens is 326 g/mol. The molecule has 116 valence electrons. The smallest absolute Gasteiger partial charge is 0.372 e. The molecule has 1 aliphatic carbocycles. The minimum absolute atomic E-state index is 0.0957. The van der Waals surface area contributed by atoms with Crippen LogP contribution in [0.2, 0.25) is 10.0 Å². The zero-order valence-corrected chi connectivity index (χ0v) is 12.5. The van der Waals surface area contributed by atoms with Crippen LogP contribution < -0.4 is 5.32 Å². The molecule has 0 radical (unpaired) electrons. The van der Waals surface area contributed by atoms with Crippen LogP contribution >= 0.6 is 23.2 Å². The molecular formula is C14H14Cl2F3NO. The van der Waals surface area contributed by atoms with Crippen molar-refractivity contribution in [2.45, 2.75) is 11.6 Å². The molecule has 21 heavy (non-hydrogen) atoms. The van der Waals surface area contributed by atoms with E-state index in [2.05, 4.69) is 5.32 Å². The topological polar surface area (TPSA) is 21.3 Å². The van der Waals surface area contributed by atoms with E-state index in [1.54, 1.807) is 6.07 Å². The third-order valence-corrected chi connectivity index (χ3v) is 5.24. The molecule has 3 atom stereocenters. The fourth-order valence-corrected chi connectivity index (χ4v) is 3.81. The molecule has 7 heteroatoms. The summed E-state index contributed by atoms with van der Waals surface area (Å²) in [7, 11) is 0. The largest absolute Gasteiger partial charge is 0.411 e. The number of fused-ring (bicyclic) bond motifs is 1. The van der Waals surface area contributed by atoms with Gasteiger partial charge in [0, 0.05) is 12.0 Å². The third-order valence-electron chi connectivity index (χ3n) is 4.50. The first-order chi connectivity index (χ1) is 9.84. The van der Waals surface area contributed by atoms with Crippen LogP contribution in [0.25, 0.3) is 0 Å². The second-order valence-corrected chi connectivity index (χ2v) is 6.46. The van der Waals surface area contributed by atoms with Gasteiger partial charge in [0.1, 0.15) is 6.61 Å². The van der Waals surface area contributed by atoms with Crippen molar-refractivity contribution in [3.05, 3.63) is 33.8 Å². The van der Waals surface area contributed by atoms with Crippen LogP contribution in [-0.2, 0) is 10.2 Å². The predicted octanol–water partition coefficient (Wildman–Crippen LogP) is 3.66. The van der Waals surface area contributed by atoms with E-state index in [1.807, 2.05) is 12.1 Å². The Hall–Kier alpha value is -0.490. The Labute approximate surface area is 130 Å². The lowest BCUT2D eigenvalue weighted by Crippen LogP contribution is -2.26. The summed E-state index contributed by atoms with van der Waals surface area (Å²) in [6, 6.07) is 5.45. The van der Waals surface area contributed by atoms with Gasteiger partial charge in [-0.05, 0) is 36.1 Å². The number of alkyl halides is 3. The Morgan fingerprint density at radius 1 is 1.29 bits per heavy atom. The van der Waals surface area contributed by atoms with Gasteiger partial charge in [0.2, 0.25) is 0 Å². The molecule has 2 aliphatic rings. The molecule has 1 N–H and O–H groups in total. The number of benzene rings is 1. The molecule has 2 nitrogen and oxygen atoms in total. The molecule has 0 unspecified atom stereocenters. The molecule has 1 heterocycles. The number of rotatable bonds is 4. The summed E-state index contributed by atoms with van der Waals surface area (Å²) in [6.45, 7) is 0.448. The molecule has 0 amide bonds. The number of piperidine rings is 1. The maximum absolute atomic E-state index is 12.2. The number of halogens is 5. The van der Waals surface area contributed by atoms with Gasteiger partial charge in [0.15, 0.2) is 0 Å². The quantitative estimate of drug-likeness (QED) is 0.903. The van der Waals surface area contributed by atoms with Gasteiger partial charge in [-0.25, -0.2) is 0 Å². The molecule has 3 rings (SSSR count). The Morgan fingerprint density at radius 2 is 2.05 bits per heavy atom. The SMILES string of the molecule is FC(F)(F)COC[C@H]1[C@@H]2CNC[C@@]21c1ccc(Cl)c(Cl)c1. The predicted molar refractivity (Wildman–Crippen MR) is 74.9 cm³/mol. The fraction of sp³-hybridized carbons (Fsp3) is 0.571. The maximum atomic E-state index is 12.2. The molecule has 1 aromatic carbocycles. The van der Waals surface area contributed by atoms with Gasteiger partial charge < -0.3 is 10.1 Å². The second-order valence-electron chi connectivity index (χ2n) is 5.64. The molecule has 1 aliphatic heterocycles. The van der Waals surface area contributed by atoms with Crippen molar-refractivity contribution in [2.75, 3.05) is 26.3 Å². The van der Waals surface area contributed by atoms with E-state index in [1.165, 1.54) is 0 Å². The highest BCUT2D eigenvalue weighted by atomic mass is 35.5. The Kier molecular flexibility index (Phi) is 3.89. The van der Waals surface area contributed by atoms with Crippen molar-refractivity contribution in [3.63, 3.8) is 0 Å². The van der Waals surface area contributed by atoms with Gasteiger partial charge in [0.05, 0.1) is 16.7 Å². The summed E-state index contributed by atoms with van der Waals surface area (Å²) in [4.78, 5) is 0. The van der Waals surface area contributed by atoms with Crippen LogP contribution in [0.3, 0.4) is 0 Å². The van der Waals surface area contributed by atoms with Crippen molar-refractivity contribution in [1.29, 1.82) is 0 Å². The van der Waals surface area contributed by atoms with Crippen molar-refractivity contribution in [1.82, 2.24) is 5.32 Å². The van der Waals surface area contributed by atoms with E-state index in [0.717, 1.165) is 18.7 Å². The first-order valence-corrected chi connectivity index (χ1v) is 7.41. The highest BCUT2D eigenvalue weighted by molar-refractivity contribution is 6.42. The van der Waals surface area contributed by atoms with E-state index >= 15 is 0 Å². The van der Waals surface area contributed by atoms with E-state index in [4.69, 9.17) is 27.9 Å². The average molecular weight is 340 g/mol. The summed E-state index contributed by atoms with van der Waals surface area (Å²) >= 11 is 12.0. The zero-order valence-electron chi connectivity index (χ0n) is 11.0. The lowest BCUT2D eigenvalue weighted by molar-refractivity contribution is -0.175. The van der Waals surface area contributed by atoms with Crippen molar-refractivity contribution >= 4 is 23.2 Å². The lowest BCUT2D eigenvalue weighted by Gasteiger charge is -2.17. The highest BCUT2D eigenvalue weighted by Gasteiger charge is 2.67. The Balaban J connectivity index is 1.72. The van der Waals surface area contributed by atoms with Crippen LogP contribution in [0.5, 0.6) is 0 Å². The maximum Gasteiger partial charge on any atom is 0.411 e. The van der Waals surface area contributed by atoms with Crippen LogP contribution in [0.1, 0.15) is 5.56 Å². The van der Waals surface area contributed by atoms with Crippen molar-refractivity contribution < 1.29 is 17.9 Å². The molecule has 1 saturated heterocycles. The van der Waals surface area contributed by atoms with Gasteiger partial charge in [-0.1, -0.05) is 29.3 Å².